The molecule has 0 rings (SSSR count). The fourth-order valence-electron chi connectivity index (χ4n) is 1.55. The van der Waals surface area contributed by atoms with Crippen LogP contribution in [0.2, 0.25) is 0 Å². The Bertz CT molecular complexity index is 123. The second-order valence-electron chi connectivity index (χ2n) is 4.70. The molecule has 0 bridgehead atoms. The van der Waals surface area contributed by atoms with Crippen LogP contribution in [0.4, 0.5) is 0 Å². The molecule has 14 heavy (non-hydrogen) atoms. The second-order valence-corrected chi connectivity index (χ2v) is 4.70. The number of hydrogen-bond acceptors (Lipinski definition) is 2. The molecule has 0 aliphatic carbocycles. The van der Waals surface area contributed by atoms with Crippen LogP contribution in [0, 0.1) is 11.8 Å². The summed E-state index contributed by atoms with van der Waals surface area (Å²) in [5.41, 5.74) is 0. The summed E-state index contributed by atoms with van der Waals surface area (Å²) in [6.45, 7) is 11.0. The Balaban J connectivity index is 3.66. The molecule has 0 aliphatic heterocycles. The van der Waals surface area contributed by atoms with Crippen LogP contribution < -0.4 is 5.32 Å². The van der Waals surface area contributed by atoms with Crippen molar-refractivity contribution in [1.82, 2.24) is 5.32 Å². The van der Waals surface area contributed by atoms with Crippen molar-refractivity contribution in [3.63, 3.8) is 0 Å². The molecular weight excluding hydrogens is 174 g/mol. The van der Waals surface area contributed by atoms with Crippen LogP contribution in [0.5, 0.6) is 0 Å². The minimum Gasteiger partial charge on any atom is -0.385 e. The Hall–Kier alpha value is -0.0800. The molecule has 1 N–H and O–H groups in total. The molecule has 1 unspecified atom stereocenters. The lowest BCUT2D eigenvalue weighted by Crippen LogP contribution is -2.31. The van der Waals surface area contributed by atoms with E-state index in [1.807, 2.05) is 0 Å². The van der Waals surface area contributed by atoms with Crippen LogP contribution in [0.15, 0.2) is 0 Å². The predicted octanol–water partition coefficient (Wildman–Crippen LogP) is 2.68. The molecule has 0 aromatic rings. The third kappa shape index (κ3) is 7.34. The lowest BCUT2D eigenvalue weighted by Gasteiger charge is -2.22. The number of nitrogens with one attached hydrogen (secondary N) is 1. The summed E-state index contributed by atoms with van der Waals surface area (Å²) < 4.78 is 5.08. The summed E-state index contributed by atoms with van der Waals surface area (Å²) in [6, 6.07) is 0.596. The summed E-state index contributed by atoms with van der Waals surface area (Å²) in [4.78, 5) is 0. The number of ether oxygens (including phenoxy) is 1. The maximum absolute atomic E-state index is 5.08. The molecule has 0 amide bonds. The topological polar surface area (TPSA) is 21.3 Å². The highest BCUT2D eigenvalue weighted by Crippen LogP contribution is 2.16. The van der Waals surface area contributed by atoms with Crippen molar-refractivity contribution in [2.45, 2.75) is 46.6 Å². The van der Waals surface area contributed by atoms with Gasteiger partial charge in [-0.3, -0.25) is 0 Å². The molecule has 2 nitrogen and oxygen atoms in total. The second kappa shape index (κ2) is 8.25. The first-order valence-electron chi connectivity index (χ1n) is 5.80. The first-order valence-corrected chi connectivity index (χ1v) is 5.80. The minimum atomic E-state index is 0.596. The van der Waals surface area contributed by atoms with E-state index in [0.717, 1.165) is 25.0 Å². The molecule has 1 atom stereocenters. The molecule has 0 saturated heterocycles. The van der Waals surface area contributed by atoms with E-state index in [9.17, 15) is 0 Å². The van der Waals surface area contributed by atoms with E-state index in [0.29, 0.717) is 6.04 Å². The van der Waals surface area contributed by atoms with Crippen molar-refractivity contribution < 1.29 is 4.74 Å². The number of hydrogen-bond donors (Lipinski definition) is 1. The van der Waals surface area contributed by atoms with E-state index in [1.54, 1.807) is 7.11 Å². The van der Waals surface area contributed by atoms with E-state index in [4.69, 9.17) is 4.74 Å². The molecule has 0 fully saturated rings. The smallest absolute Gasteiger partial charge is 0.0462 e. The van der Waals surface area contributed by atoms with Crippen LogP contribution in [0.1, 0.15) is 40.5 Å². The molecule has 86 valence electrons. The summed E-state index contributed by atoms with van der Waals surface area (Å²) >= 11 is 0. The Morgan fingerprint density at radius 1 is 1.14 bits per heavy atom. The van der Waals surface area contributed by atoms with E-state index < -0.39 is 0 Å². The maximum atomic E-state index is 5.08. The molecule has 0 aliphatic rings. The van der Waals surface area contributed by atoms with Gasteiger partial charge in [0.1, 0.15) is 0 Å². The van der Waals surface area contributed by atoms with Gasteiger partial charge in [-0.1, -0.05) is 27.7 Å². The monoisotopic (exact) mass is 201 g/mol. The fraction of sp³-hybridized carbons (Fsp3) is 1.00. The zero-order valence-electron chi connectivity index (χ0n) is 10.5. The van der Waals surface area contributed by atoms with E-state index in [-0.39, 0.29) is 0 Å². The highest BCUT2D eigenvalue weighted by molar-refractivity contribution is 4.67. The summed E-state index contributed by atoms with van der Waals surface area (Å²) in [5, 5.41) is 3.51. The summed E-state index contributed by atoms with van der Waals surface area (Å²) in [7, 11) is 1.77. The Morgan fingerprint density at radius 2 is 1.79 bits per heavy atom. The molecule has 0 aromatic carbocycles. The van der Waals surface area contributed by atoms with Crippen LogP contribution in [0.3, 0.4) is 0 Å². The van der Waals surface area contributed by atoms with Gasteiger partial charge in [-0.15, -0.1) is 0 Å². The third-order valence-electron chi connectivity index (χ3n) is 2.65. The van der Waals surface area contributed by atoms with Crippen LogP contribution in [0.25, 0.3) is 0 Å². The van der Waals surface area contributed by atoms with Crippen LogP contribution in [-0.4, -0.2) is 26.3 Å². The van der Waals surface area contributed by atoms with Crippen LogP contribution in [-0.2, 0) is 4.74 Å². The zero-order chi connectivity index (χ0) is 11.0. The van der Waals surface area contributed by atoms with Gasteiger partial charge in [0, 0.05) is 19.8 Å². The minimum absolute atomic E-state index is 0.596. The average molecular weight is 201 g/mol. The van der Waals surface area contributed by atoms with Crippen molar-refractivity contribution in [2.24, 2.45) is 11.8 Å². The first-order chi connectivity index (χ1) is 6.57. The van der Waals surface area contributed by atoms with Gasteiger partial charge < -0.3 is 10.1 Å². The van der Waals surface area contributed by atoms with Crippen molar-refractivity contribution in [3.8, 4) is 0 Å². The molecule has 2 heteroatoms. The zero-order valence-corrected chi connectivity index (χ0v) is 10.5. The highest BCUT2D eigenvalue weighted by atomic mass is 16.5. The van der Waals surface area contributed by atoms with Crippen molar-refractivity contribution in [3.05, 3.63) is 0 Å². The molecule has 0 radical (unpaired) electrons. The standard InChI is InChI=1S/C12H27NO/c1-10(2)12(7-6-8-14-5)9-13-11(3)4/h10-13H,6-9H2,1-5H3. The number of rotatable bonds is 8. The molecule has 0 aromatic heterocycles. The van der Waals surface area contributed by atoms with Gasteiger partial charge >= 0.3 is 0 Å². The highest BCUT2D eigenvalue weighted by Gasteiger charge is 2.12. The lowest BCUT2D eigenvalue weighted by molar-refractivity contribution is 0.180. The summed E-state index contributed by atoms with van der Waals surface area (Å²) in [5.74, 6) is 1.55. The quantitative estimate of drug-likeness (QED) is 0.610. The molecule has 0 spiro atoms. The van der Waals surface area contributed by atoms with E-state index >= 15 is 0 Å². The normalized spacial score (nSPS) is 13.9. The van der Waals surface area contributed by atoms with E-state index in [2.05, 4.69) is 33.0 Å². The van der Waals surface area contributed by atoms with E-state index in [1.165, 1.54) is 12.8 Å². The average Bonchev–Trinajstić information content (AvgIpc) is 2.10. The fourth-order valence-corrected chi connectivity index (χ4v) is 1.55. The molecular formula is C12H27NO. The molecule has 0 saturated carbocycles. The van der Waals surface area contributed by atoms with Gasteiger partial charge in [0.15, 0.2) is 0 Å². The SMILES string of the molecule is COCCCC(CNC(C)C)C(C)C. The van der Waals surface area contributed by atoms with Crippen molar-refractivity contribution in [1.29, 1.82) is 0 Å². The van der Waals surface area contributed by atoms with Crippen molar-refractivity contribution in [2.75, 3.05) is 20.3 Å². The van der Waals surface area contributed by atoms with Crippen molar-refractivity contribution >= 4 is 0 Å². The van der Waals surface area contributed by atoms with Crippen LogP contribution >= 0.6 is 0 Å². The Morgan fingerprint density at radius 3 is 2.21 bits per heavy atom. The van der Waals surface area contributed by atoms with Gasteiger partial charge in [-0.2, -0.15) is 0 Å². The van der Waals surface area contributed by atoms with Gasteiger partial charge in [0.25, 0.3) is 0 Å². The van der Waals surface area contributed by atoms with Gasteiger partial charge in [-0.25, -0.2) is 0 Å². The maximum Gasteiger partial charge on any atom is 0.0462 e. The predicted molar refractivity (Wildman–Crippen MR) is 62.6 cm³/mol. The first kappa shape index (κ1) is 13.9. The van der Waals surface area contributed by atoms with Gasteiger partial charge in [0.05, 0.1) is 0 Å². The summed E-state index contributed by atoms with van der Waals surface area (Å²) in [6.07, 6.45) is 2.45. The molecule has 0 heterocycles. The lowest BCUT2D eigenvalue weighted by atomic mass is 9.91. The Labute approximate surface area is 89.4 Å². The van der Waals surface area contributed by atoms with Gasteiger partial charge in [0.2, 0.25) is 0 Å². The largest absolute Gasteiger partial charge is 0.385 e. The number of methoxy groups -OCH3 is 1. The van der Waals surface area contributed by atoms with Gasteiger partial charge in [-0.05, 0) is 31.2 Å². The third-order valence-corrected chi connectivity index (χ3v) is 2.65. The Kier molecular flexibility index (Phi) is 8.20.